The Morgan fingerprint density at radius 2 is 2.20 bits per heavy atom. The number of carbonyl (C=O) groups is 2. The lowest BCUT2D eigenvalue weighted by Gasteiger charge is -2.20. The Labute approximate surface area is 118 Å². The summed E-state index contributed by atoms with van der Waals surface area (Å²) in [6.45, 7) is 3.08. The predicted octanol–water partition coefficient (Wildman–Crippen LogP) is 1.94. The maximum Gasteiger partial charge on any atom is 0.335 e. The van der Waals surface area contributed by atoms with Gasteiger partial charge in [-0.3, -0.25) is 0 Å². The summed E-state index contributed by atoms with van der Waals surface area (Å²) in [5, 5.41) is 11.6. The van der Waals surface area contributed by atoms with Crippen LogP contribution in [0.5, 0.6) is 0 Å². The number of amides is 2. The monoisotopic (exact) mass is 274 g/mol. The molecule has 1 rings (SSSR count). The summed E-state index contributed by atoms with van der Waals surface area (Å²) < 4.78 is 0. The molecule has 5 nitrogen and oxygen atoms in total. The highest BCUT2D eigenvalue weighted by atomic mass is 16.4. The van der Waals surface area contributed by atoms with Crippen LogP contribution in [0.2, 0.25) is 0 Å². The Kier molecular flexibility index (Phi) is 6.11. The third-order valence-corrected chi connectivity index (χ3v) is 2.68. The van der Waals surface area contributed by atoms with Crippen molar-refractivity contribution in [2.24, 2.45) is 0 Å². The number of nitrogens with zero attached hydrogens (tertiary/aromatic N) is 1. The molecule has 0 unspecified atom stereocenters. The molecule has 0 bridgehead atoms. The predicted molar refractivity (Wildman–Crippen MR) is 76.3 cm³/mol. The second-order valence-corrected chi connectivity index (χ2v) is 4.29. The first-order valence-electron chi connectivity index (χ1n) is 6.37. The largest absolute Gasteiger partial charge is 0.478 e. The van der Waals surface area contributed by atoms with Crippen LogP contribution in [-0.4, -0.2) is 35.1 Å². The molecule has 0 aliphatic heterocycles. The molecule has 5 heteroatoms. The molecular weight excluding hydrogens is 256 g/mol. The van der Waals surface area contributed by atoms with Crippen LogP contribution in [0.4, 0.5) is 4.79 Å². The van der Waals surface area contributed by atoms with Gasteiger partial charge in [-0.1, -0.05) is 25.0 Å². The number of urea groups is 1. The highest BCUT2D eigenvalue weighted by Gasteiger charge is 2.11. The van der Waals surface area contributed by atoms with Gasteiger partial charge in [0.05, 0.1) is 12.1 Å². The number of benzene rings is 1. The molecule has 2 N–H and O–H groups in total. The summed E-state index contributed by atoms with van der Waals surface area (Å²) in [5.74, 6) is 1.46. The molecule has 0 radical (unpaired) electrons. The van der Waals surface area contributed by atoms with Gasteiger partial charge >= 0.3 is 12.0 Å². The number of hydrogen-bond donors (Lipinski definition) is 2. The van der Waals surface area contributed by atoms with E-state index in [4.69, 9.17) is 11.5 Å². The fourth-order valence-corrected chi connectivity index (χ4v) is 1.74. The normalized spacial score (nSPS) is 9.60. The zero-order chi connectivity index (χ0) is 15.0. The highest BCUT2D eigenvalue weighted by molar-refractivity contribution is 5.87. The lowest BCUT2D eigenvalue weighted by atomic mass is 10.1. The van der Waals surface area contributed by atoms with Crippen LogP contribution in [0.3, 0.4) is 0 Å². The molecule has 1 aromatic rings. The third kappa shape index (κ3) is 4.65. The smallest absolute Gasteiger partial charge is 0.335 e. The molecule has 0 aliphatic carbocycles. The topological polar surface area (TPSA) is 69.6 Å². The van der Waals surface area contributed by atoms with E-state index in [-0.39, 0.29) is 24.7 Å². The molecule has 0 aliphatic rings. The van der Waals surface area contributed by atoms with Gasteiger partial charge in [0, 0.05) is 13.1 Å². The van der Waals surface area contributed by atoms with Crippen molar-refractivity contribution in [1.29, 1.82) is 0 Å². The molecule has 0 fully saturated rings. The van der Waals surface area contributed by atoms with Gasteiger partial charge < -0.3 is 15.3 Å². The van der Waals surface area contributed by atoms with Crippen molar-refractivity contribution in [3.8, 4) is 12.3 Å². The summed E-state index contributed by atoms with van der Waals surface area (Å²) in [6.07, 6.45) is 6.04. The Morgan fingerprint density at radius 1 is 1.45 bits per heavy atom. The number of terminal acetylenes is 1. The summed E-state index contributed by atoms with van der Waals surface area (Å²) in [7, 11) is 0. The van der Waals surface area contributed by atoms with Crippen molar-refractivity contribution < 1.29 is 14.7 Å². The van der Waals surface area contributed by atoms with Crippen molar-refractivity contribution in [2.45, 2.75) is 19.9 Å². The molecule has 0 spiro atoms. The average Bonchev–Trinajstić information content (AvgIpc) is 2.45. The van der Waals surface area contributed by atoms with Gasteiger partial charge in [0.2, 0.25) is 0 Å². The zero-order valence-corrected chi connectivity index (χ0v) is 11.4. The number of carbonyl (C=O) groups excluding carboxylic acids is 1. The quantitative estimate of drug-likeness (QED) is 0.779. The van der Waals surface area contributed by atoms with Crippen LogP contribution in [0.25, 0.3) is 0 Å². The molecule has 1 aromatic carbocycles. The van der Waals surface area contributed by atoms with Crippen molar-refractivity contribution in [1.82, 2.24) is 10.2 Å². The van der Waals surface area contributed by atoms with Crippen LogP contribution in [0.15, 0.2) is 24.3 Å². The molecular formula is C15H18N2O3. The molecule has 0 heterocycles. The average molecular weight is 274 g/mol. The third-order valence-electron chi connectivity index (χ3n) is 2.68. The first-order chi connectivity index (χ1) is 9.58. The van der Waals surface area contributed by atoms with Crippen LogP contribution in [0, 0.1) is 12.3 Å². The first-order valence-corrected chi connectivity index (χ1v) is 6.37. The number of carboxylic acid groups (broad SMARTS) is 1. The summed E-state index contributed by atoms with van der Waals surface area (Å²) >= 11 is 0. The van der Waals surface area contributed by atoms with Gasteiger partial charge in [0.25, 0.3) is 0 Å². The molecule has 0 aromatic heterocycles. The fraction of sp³-hybridized carbons (Fsp3) is 0.333. The lowest BCUT2D eigenvalue weighted by molar-refractivity contribution is 0.0696. The Hall–Kier alpha value is -2.48. The second kappa shape index (κ2) is 7.85. The van der Waals surface area contributed by atoms with Gasteiger partial charge in [-0.15, -0.1) is 6.42 Å². The molecule has 20 heavy (non-hydrogen) atoms. The minimum Gasteiger partial charge on any atom is -0.478 e. The van der Waals surface area contributed by atoms with Gasteiger partial charge in [0.1, 0.15) is 0 Å². The molecule has 106 valence electrons. The molecule has 0 saturated carbocycles. The maximum atomic E-state index is 11.9. The van der Waals surface area contributed by atoms with Gasteiger partial charge in [-0.25, -0.2) is 9.59 Å². The molecule has 2 amide bonds. The van der Waals surface area contributed by atoms with E-state index < -0.39 is 5.97 Å². The van der Waals surface area contributed by atoms with E-state index in [0.717, 1.165) is 12.0 Å². The van der Waals surface area contributed by atoms with E-state index in [0.29, 0.717) is 6.54 Å². The number of rotatable bonds is 6. The number of nitrogens with one attached hydrogen (secondary N) is 1. The van der Waals surface area contributed by atoms with E-state index in [1.54, 1.807) is 17.0 Å². The van der Waals surface area contributed by atoms with E-state index in [1.807, 2.05) is 6.92 Å². The summed E-state index contributed by atoms with van der Waals surface area (Å²) in [5.41, 5.74) is 0.932. The number of aromatic carboxylic acids is 1. The lowest BCUT2D eigenvalue weighted by Crippen LogP contribution is -2.40. The van der Waals surface area contributed by atoms with Crippen LogP contribution in [0.1, 0.15) is 29.3 Å². The van der Waals surface area contributed by atoms with Crippen molar-refractivity contribution in [3.63, 3.8) is 0 Å². The number of carboxylic acids is 1. The van der Waals surface area contributed by atoms with Crippen LogP contribution in [-0.2, 0) is 6.54 Å². The molecule has 0 atom stereocenters. The summed E-state index contributed by atoms with van der Waals surface area (Å²) in [4.78, 5) is 24.3. The van der Waals surface area contributed by atoms with Gasteiger partial charge in [-0.05, 0) is 24.1 Å². The standard InChI is InChI=1S/C15H18N2O3/c1-3-8-17(9-4-2)15(20)16-11-12-6-5-7-13(10-12)14(18)19/h1,5-7,10H,4,8-9,11H2,2H3,(H,16,20)(H,18,19). The van der Waals surface area contributed by atoms with Gasteiger partial charge in [0.15, 0.2) is 0 Å². The highest BCUT2D eigenvalue weighted by Crippen LogP contribution is 2.05. The van der Waals surface area contributed by atoms with Crippen LogP contribution >= 0.6 is 0 Å². The minimum absolute atomic E-state index is 0.200. The zero-order valence-electron chi connectivity index (χ0n) is 11.4. The Bertz CT molecular complexity index is 520. The van der Waals surface area contributed by atoms with Gasteiger partial charge in [-0.2, -0.15) is 0 Å². The van der Waals surface area contributed by atoms with E-state index in [9.17, 15) is 9.59 Å². The van der Waals surface area contributed by atoms with Crippen LogP contribution < -0.4 is 5.32 Å². The fourth-order valence-electron chi connectivity index (χ4n) is 1.74. The van der Waals surface area contributed by atoms with E-state index in [1.165, 1.54) is 12.1 Å². The van der Waals surface area contributed by atoms with Crippen molar-refractivity contribution in [3.05, 3.63) is 35.4 Å². The molecule has 0 saturated heterocycles. The van der Waals surface area contributed by atoms with E-state index in [2.05, 4.69) is 11.2 Å². The van der Waals surface area contributed by atoms with Crippen molar-refractivity contribution >= 4 is 12.0 Å². The second-order valence-electron chi connectivity index (χ2n) is 4.29. The number of hydrogen-bond acceptors (Lipinski definition) is 2. The Morgan fingerprint density at radius 3 is 2.80 bits per heavy atom. The SMILES string of the molecule is C#CCN(CCC)C(=O)NCc1cccc(C(=O)O)c1. The summed E-state index contributed by atoms with van der Waals surface area (Å²) in [6, 6.07) is 6.21. The first kappa shape index (κ1) is 15.6. The minimum atomic E-state index is -0.988. The Balaban J connectivity index is 2.62. The maximum absolute atomic E-state index is 11.9. The van der Waals surface area contributed by atoms with E-state index >= 15 is 0 Å². The van der Waals surface area contributed by atoms with Crippen molar-refractivity contribution in [2.75, 3.05) is 13.1 Å².